The molecule has 0 spiro atoms. The van der Waals surface area contributed by atoms with Gasteiger partial charge in [0.1, 0.15) is 5.75 Å². The zero-order valence-corrected chi connectivity index (χ0v) is 15.9. The molecule has 2 heterocycles. The van der Waals surface area contributed by atoms with Crippen molar-refractivity contribution in [1.29, 1.82) is 0 Å². The Labute approximate surface area is 163 Å². The molecule has 0 radical (unpaired) electrons. The van der Waals surface area contributed by atoms with E-state index in [1.807, 2.05) is 47.4 Å². The summed E-state index contributed by atoms with van der Waals surface area (Å²) in [7, 11) is 0. The lowest BCUT2D eigenvalue weighted by Gasteiger charge is -2.34. The molecule has 2 aromatic rings. The number of carbonyl (C=O) groups is 2. The van der Waals surface area contributed by atoms with Gasteiger partial charge in [0.25, 0.3) is 5.91 Å². The Hall–Kier alpha value is -2.53. The Balaban J connectivity index is 1.51. The van der Waals surface area contributed by atoms with Gasteiger partial charge in [0.15, 0.2) is 6.10 Å². The van der Waals surface area contributed by atoms with Crippen LogP contribution in [-0.4, -0.2) is 31.0 Å². The average molecular weight is 385 g/mol. The van der Waals surface area contributed by atoms with E-state index in [1.165, 1.54) is 0 Å². The van der Waals surface area contributed by atoms with E-state index in [0.29, 0.717) is 23.9 Å². The molecule has 0 N–H and O–H groups in total. The lowest BCUT2D eigenvalue weighted by atomic mass is 10.0. The molecule has 0 fully saturated rings. The summed E-state index contributed by atoms with van der Waals surface area (Å²) in [6.07, 6.45) is 1.55. The van der Waals surface area contributed by atoms with E-state index >= 15 is 0 Å². The minimum Gasteiger partial charge on any atom is -0.479 e. The maximum absolute atomic E-state index is 12.9. The summed E-state index contributed by atoms with van der Waals surface area (Å²) in [5, 5.41) is 0.688. The largest absolute Gasteiger partial charge is 0.479 e. The first-order valence-corrected chi connectivity index (χ1v) is 9.58. The van der Waals surface area contributed by atoms with Crippen molar-refractivity contribution in [2.45, 2.75) is 32.3 Å². The van der Waals surface area contributed by atoms with E-state index in [2.05, 4.69) is 0 Å². The number of nitrogens with zero attached hydrogens (tertiary/aromatic N) is 2. The van der Waals surface area contributed by atoms with Gasteiger partial charge in [-0.1, -0.05) is 23.7 Å². The summed E-state index contributed by atoms with van der Waals surface area (Å²) in [5.74, 6) is 0.574. The number of ether oxygens (including phenoxy) is 1. The zero-order chi connectivity index (χ0) is 19.0. The van der Waals surface area contributed by atoms with Crippen LogP contribution >= 0.6 is 11.6 Å². The van der Waals surface area contributed by atoms with Gasteiger partial charge in [0, 0.05) is 30.2 Å². The van der Waals surface area contributed by atoms with Crippen molar-refractivity contribution >= 4 is 34.8 Å². The summed E-state index contributed by atoms with van der Waals surface area (Å²) >= 11 is 6.08. The Morgan fingerprint density at radius 2 is 2.04 bits per heavy atom. The second-order valence-corrected chi connectivity index (χ2v) is 7.33. The molecule has 2 aliphatic rings. The summed E-state index contributed by atoms with van der Waals surface area (Å²) in [6, 6.07) is 13.1. The van der Waals surface area contributed by atoms with E-state index in [1.54, 1.807) is 11.8 Å². The highest BCUT2D eigenvalue weighted by atomic mass is 35.5. The molecule has 1 atom stereocenters. The quantitative estimate of drug-likeness (QED) is 0.808. The Morgan fingerprint density at radius 3 is 2.89 bits per heavy atom. The number of benzene rings is 2. The van der Waals surface area contributed by atoms with Crippen LogP contribution in [0.15, 0.2) is 42.5 Å². The molecule has 2 aromatic carbocycles. The molecule has 4 rings (SSSR count). The van der Waals surface area contributed by atoms with Crippen molar-refractivity contribution in [1.82, 2.24) is 0 Å². The topological polar surface area (TPSA) is 49.9 Å². The van der Waals surface area contributed by atoms with E-state index in [4.69, 9.17) is 16.3 Å². The van der Waals surface area contributed by atoms with Gasteiger partial charge in [-0.25, -0.2) is 0 Å². The first kappa shape index (κ1) is 17.9. The van der Waals surface area contributed by atoms with E-state index in [-0.39, 0.29) is 18.2 Å². The van der Waals surface area contributed by atoms with Crippen LogP contribution in [0.3, 0.4) is 0 Å². The molecule has 6 heteroatoms. The molecule has 0 bridgehead atoms. The molecule has 140 valence electrons. The number of anilines is 2. The summed E-state index contributed by atoms with van der Waals surface area (Å²) in [6.45, 7) is 2.76. The number of aryl methyl sites for hydroxylation is 1. The van der Waals surface area contributed by atoms with E-state index in [9.17, 15) is 9.59 Å². The van der Waals surface area contributed by atoms with Crippen LogP contribution in [0.1, 0.15) is 25.3 Å². The highest BCUT2D eigenvalue weighted by Gasteiger charge is 2.32. The highest BCUT2D eigenvalue weighted by molar-refractivity contribution is 6.30. The smallest absolute Gasteiger partial charge is 0.267 e. The normalized spacial score (nSPS) is 18.6. The predicted molar refractivity (Wildman–Crippen MR) is 106 cm³/mol. The molecular weight excluding hydrogens is 364 g/mol. The van der Waals surface area contributed by atoms with Crippen molar-refractivity contribution in [2.24, 2.45) is 0 Å². The second kappa shape index (κ2) is 7.24. The van der Waals surface area contributed by atoms with Crippen LogP contribution in [0.5, 0.6) is 5.75 Å². The van der Waals surface area contributed by atoms with Gasteiger partial charge in [-0.05, 0) is 55.7 Å². The third-order valence-corrected chi connectivity index (χ3v) is 5.32. The molecule has 0 aromatic heterocycles. The lowest BCUT2D eigenvalue weighted by Crippen LogP contribution is -2.46. The summed E-state index contributed by atoms with van der Waals surface area (Å²) in [5.41, 5.74) is 2.75. The van der Waals surface area contributed by atoms with Crippen LogP contribution < -0.4 is 14.5 Å². The van der Waals surface area contributed by atoms with Gasteiger partial charge in [-0.2, -0.15) is 0 Å². The van der Waals surface area contributed by atoms with Crippen molar-refractivity contribution in [3.63, 3.8) is 0 Å². The van der Waals surface area contributed by atoms with E-state index < -0.39 is 6.10 Å². The number of fused-ring (bicyclic) bond motifs is 2. The van der Waals surface area contributed by atoms with Crippen molar-refractivity contribution in [3.8, 4) is 5.75 Å². The molecule has 2 amide bonds. The number of halogens is 1. The average Bonchev–Trinajstić information content (AvgIpc) is 2.67. The predicted octanol–water partition coefficient (Wildman–Crippen LogP) is 3.82. The first-order chi connectivity index (χ1) is 13.0. The van der Waals surface area contributed by atoms with Gasteiger partial charge in [0.2, 0.25) is 5.91 Å². The number of carbonyl (C=O) groups excluding carboxylic acids is 2. The summed E-state index contributed by atoms with van der Waals surface area (Å²) in [4.78, 5) is 29.0. The molecule has 2 aliphatic heterocycles. The fraction of sp³-hybridized carbons (Fsp3) is 0.333. The Morgan fingerprint density at radius 1 is 1.22 bits per heavy atom. The molecular formula is C21H21ClN2O3. The van der Waals surface area contributed by atoms with Gasteiger partial charge in [-0.3, -0.25) is 9.59 Å². The molecule has 0 saturated heterocycles. The standard InChI is InChI=1S/C21H21ClN2O3/c1-14-21(26)24(18-6-2-3-7-19(18)27-14)12-10-20(25)23-11-4-5-15-13-16(22)8-9-17(15)23/h2-3,6-9,13-14H,4-5,10-12H2,1H3. The van der Waals surface area contributed by atoms with Crippen molar-refractivity contribution in [3.05, 3.63) is 53.1 Å². The summed E-state index contributed by atoms with van der Waals surface area (Å²) < 4.78 is 5.66. The third kappa shape index (κ3) is 3.39. The van der Waals surface area contributed by atoms with Crippen LogP contribution in [0.4, 0.5) is 11.4 Å². The van der Waals surface area contributed by atoms with Gasteiger partial charge in [-0.15, -0.1) is 0 Å². The van der Waals surface area contributed by atoms with Crippen molar-refractivity contribution in [2.75, 3.05) is 22.9 Å². The van der Waals surface area contributed by atoms with Crippen molar-refractivity contribution < 1.29 is 14.3 Å². The minimum absolute atomic E-state index is 0.0164. The molecule has 1 unspecified atom stereocenters. The van der Waals surface area contributed by atoms with Gasteiger partial charge < -0.3 is 14.5 Å². The lowest BCUT2D eigenvalue weighted by molar-refractivity contribution is -0.125. The Bertz CT molecular complexity index is 899. The molecule has 0 saturated carbocycles. The maximum Gasteiger partial charge on any atom is 0.267 e. The molecule has 27 heavy (non-hydrogen) atoms. The van der Waals surface area contributed by atoms with Crippen LogP contribution in [0.25, 0.3) is 0 Å². The molecule has 0 aliphatic carbocycles. The monoisotopic (exact) mass is 384 g/mol. The van der Waals surface area contributed by atoms with Crippen LogP contribution in [0, 0.1) is 0 Å². The van der Waals surface area contributed by atoms with Crippen LogP contribution in [-0.2, 0) is 16.0 Å². The van der Waals surface area contributed by atoms with Crippen LogP contribution in [0.2, 0.25) is 5.02 Å². The number of amides is 2. The number of hydrogen-bond donors (Lipinski definition) is 0. The maximum atomic E-state index is 12.9. The Kier molecular flexibility index (Phi) is 4.79. The third-order valence-electron chi connectivity index (χ3n) is 5.08. The minimum atomic E-state index is -0.548. The fourth-order valence-corrected chi connectivity index (χ4v) is 3.95. The number of rotatable bonds is 3. The first-order valence-electron chi connectivity index (χ1n) is 9.20. The SMILES string of the molecule is CC1Oc2ccccc2N(CCC(=O)N2CCCc3cc(Cl)ccc32)C1=O. The van der Waals surface area contributed by atoms with Gasteiger partial charge >= 0.3 is 0 Å². The molecule has 5 nitrogen and oxygen atoms in total. The zero-order valence-electron chi connectivity index (χ0n) is 15.2. The second-order valence-electron chi connectivity index (χ2n) is 6.89. The van der Waals surface area contributed by atoms with Gasteiger partial charge in [0.05, 0.1) is 5.69 Å². The number of hydrogen-bond acceptors (Lipinski definition) is 3. The van der Waals surface area contributed by atoms with E-state index in [0.717, 1.165) is 29.8 Å². The highest BCUT2D eigenvalue weighted by Crippen LogP contribution is 2.34. The number of para-hydroxylation sites is 2. The fourth-order valence-electron chi connectivity index (χ4n) is 3.76.